The second-order valence-electron chi connectivity index (χ2n) is 3.99. The van der Waals surface area contributed by atoms with Crippen molar-refractivity contribution in [2.24, 2.45) is 0 Å². The van der Waals surface area contributed by atoms with Crippen molar-refractivity contribution in [1.82, 2.24) is 5.32 Å². The van der Waals surface area contributed by atoms with E-state index in [0.717, 1.165) is 10.5 Å². The van der Waals surface area contributed by atoms with Crippen molar-refractivity contribution >= 4 is 29.3 Å². The molecular formula is C13H15ClN2O3. The minimum Gasteiger partial charge on any atom is -0.480 e. The molecule has 0 atom stereocenters. The summed E-state index contributed by atoms with van der Waals surface area (Å²) in [4.78, 5) is 23.9. The number of hydrogen-bond donors (Lipinski definition) is 2. The molecule has 0 saturated heterocycles. The van der Waals surface area contributed by atoms with Gasteiger partial charge >= 0.3 is 12.0 Å². The summed E-state index contributed by atoms with van der Waals surface area (Å²) < 4.78 is 0. The highest BCUT2D eigenvalue weighted by atomic mass is 35.5. The Morgan fingerprint density at radius 1 is 1.37 bits per heavy atom. The summed E-state index contributed by atoms with van der Waals surface area (Å²) in [5.41, 5.74) is 1.53. The molecule has 0 spiro atoms. The lowest BCUT2D eigenvalue weighted by molar-refractivity contribution is -0.135. The summed E-state index contributed by atoms with van der Waals surface area (Å²) >= 11 is 5.56. The number of rotatable bonds is 5. The molecule has 0 heterocycles. The van der Waals surface area contributed by atoms with Crippen molar-refractivity contribution < 1.29 is 14.7 Å². The van der Waals surface area contributed by atoms with Crippen LogP contribution in [0.15, 0.2) is 35.9 Å². The first-order chi connectivity index (χ1) is 8.90. The number of aliphatic carboxylic acids is 1. The fourth-order valence-corrected chi connectivity index (χ4v) is 1.47. The van der Waals surface area contributed by atoms with Gasteiger partial charge in [0.25, 0.3) is 0 Å². The van der Waals surface area contributed by atoms with Gasteiger partial charge < -0.3 is 10.4 Å². The smallest absolute Gasteiger partial charge is 0.323 e. The van der Waals surface area contributed by atoms with Gasteiger partial charge in [-0.1, -0.05) is 35.9 Å². The molecule has 0 aliphatic heterocycles. The molecule has 1 aromatic rings. The zero-order valence-electron chi connectivity index (χ0n) is 10.5. The summed E-state index contributed by atoms with van der Waals surface area (Å²) in [6, 6.07) is 6.45. The van der Waals surface area contributed by atoms with Crippen molar-refractivity contribution in [2.75, 3.05) is 18.0 Å². The zero-order valence-corrected chi connectivity index (χ0v) is 11.3. The number of carbonyl (C=O) groups excluding carboxylic acids is 1. The molecule has 0 fully saturated rings. The van der Waals surface area contributed by atoms with Crippen molar-refractivity contribution in [2.45, 2.75) is 6.92 Å². The van der Waals surface area contributed by atoms with E-state index in [1.165, 1.54) is 0 Å². The van der Waals surface area contributed by atoms with Gasteiger partial charge in [-0.2, -0.15) is 0 Å². The van der Waals surface area contributed by atoms with E-state index in [2.05, 4.69) is 11.9 Å². The van der Waals surface area contributed by atoms with Crippen molar-refractivity contribution in [3.8, 4) is 0 Å². The number of nitrogens with one attached hydrogen (secondary N) is 1. The van der Waals surface area contributed by atoms with Crippen LogP contribution in [0.2, 0.25) is 0 Å². The molecule has 0 saturated carbocycles. The summed E-state index contributed by atoms with van der Waals surface area (Å²) in [6.45, 7) is 5.01. The molecule has 0 bridgehead atoms. The Balaban J connectivity index is 2.87. The second kappa shape index (κ2) is 6.80. The van der Waals surface area contributed by atoms with E-state index in [1.54, 1.807) is 24.3 Å². The zero-order chi connectivity index (χ0) is 14.4. The van der Waals surface area contributed by atoms with Gasteiger partial charge in [-0.15, -0.1) is 0 Å². The Morgan fingerprint density at radius 3 is 2.42 bits per heavy atom. The topological polar surface area (TPSA) is 69.6 Å². The minimum atomic E-state index is -1.10. The highest BCUT2D eigenvalue weighted by molar-refractivity contribution is 6.29. The van der Waals surface area contributed by atoms with Crippen molar-refractivity contribution in [1.29, 1.82) is 0 Å². The maximum Gasteiger partial charge on any atom is 0.323 e. The Kier molecular flexibility index (Phi) is 5.38. The van der Waals surface area contributed by atoms with E-state index in [0.29, 0.717) is 5.69 Å². The third kappa shape index (κ3) is 5.01. The van der Waals surface area contributed by atoms with Crippen LogP contribution in [0.1, 0.15) is 5.56 Å². The largest absolute Gasteiger partial charge is 0.480 e. The van der Waals surface area contributed by atoms with Crippen LogP contribution in [0.4, 0.5) is 10.5 Å². The molecule has 0 aliphatic carbocycles. The highest BCUT2D eigenvalue weighted by Crippen LogP contribution is 2.15. The monoisotopic (exact) mass is 282 g/mol. The third-order valence-corrected chi connectivity index (χ3v) is 2.45. The third-order valence-electron chi connectivity index (χ3n) is 2.32. The average Bonchev–Trinajstić information content (AvgIpc) is 2.34. The molecule has 0 aliphatic rings. The predicted octanol–water partition coefficient (Wildman–Crippen LogP) is 2.35. The van der Waals surface area contributed by atoms with Crippen LogP contribution < -0.4 is 10.2 Å². The van der Waals surface area contributed by atoms with Crippen molar-refractivity contribution in [3.63, 3.8) is 0 Å². The molecule has 5 nitrogen and oxygen atoms in total. The van der Waals surface area contributed by atoms with Gasteiger partial charge in [-0.25, -0.2) is 4.79 Å². The second-order valence-corrected chi connectivity index (χ2v) is 4.53. The first kappa shape index (κ1) is 15.0. The van der Waals surface area contributed by atoms with Gasteiger partial charge in [0, 0.05) is 10.7 Å². The average molecular weight is 283 g/mol. The Hall–Kier alpha value is -2.01. The molecule has 1 aromatic carbocycles. The summed E-state index contributed by atoms with van der Waals surface area (Å²) in [5.74, 6) is -1.10. The molecular weight excluding hydrogens is 268 g/mol. The molecule has 19 heavy (non-hydrogen) atoms. The van der Waals surface area contributed by atoms with E-state index >= 15 is 0 Å². The Labute approximate surface area is 116 Å². The fraction of sp³-hybridized carbons (Fsp3) is 0.231. The standard InChI is InChI=1S/C13H15ClN2O3/c1-9-3-5-11(6-4-9)16(8-12(17)18)13(19)15-7-10(2)14/h3-6H,2,7-8H2,1H3,(H,15,19)(H,17,18). The van der Waals surface area contributed by atoms with Crippen molar-refractivity contribution in [3.05, 3.63) is 41.4 Å². The van der Waals surface area contributed by atoms with Gasteiger partial charge in [-0.05, 0) is 19.1 Å². The number of halogens is 1. The molecule has 6 heteroatoms. The van der Waals surface area contributed by atoms with E-state index in [9.17, 15) is 9.59 Å². The number of carboxylic acid groups (broad SMARTS) is 1. The number of amides is 2. The van der Waals surface area contributed by atoms with Gasteiger partial charge in [0.2, 0.25) is 0 Å². The minimum absolute atomic E-state index is 0.0857. The van der Waals surface area contributed by atoms with Crippen LogP contribution >= 0.6 is 11.6 Å². The Morgan fingerprint density at radius 2 is 1.95 bits per heavy atom. The van der Waals surface area contributed by atoms with E-state index in [4.69, 9.17) is 16.7 Å². The van der Waals surface area contributed by atoms with Crippen LogP contribution in [-0.4, -0.2) is 30.2 Å². The first-order valence-corrected chi connectivity index (χ1v) is 5.95. The van der Waals surface area contributed by atoms with E-state index < -0.39 is 18.5 Å². The quantitative estimate of drug-likeness (QED) is 0.871. The molecule has 1 rings (SSSR count). The number of carboxylic acids is 1. The number of anilines is 1. The summed E-state index contributed by atoms with van der Waals surface area (Å²) in [6.07, 6.45) is 0. The van der Waals surface area contributed by atoms with Gasteiger partial charge in [-0.3, -0.25) is 9.69 Å². The molecule has 0 radical (unpaired) electrons. The maximum absolute atomic E-state index is 11.9. The molecule has 102 valence electrons. The van der Waals surface area contributed by atoms with E-state index in [-0.39, 0.29) is 11.6 Å². The number of urea groups is 1. The van der Waals surface area contributed by atoms with Crippen LogP contribution in [0.25, 0.3) is 0 Å². The maximum atomic E-state index is 11.9. The lowest BCUT2D eigenvalue weighted by Gasteiger charge is -2.21. The lowest BCUT2D eigenvalue weighted by Crippen LogP contribution is -2.43. The fourth-order valence-electron chi connectivity index (χ4n) is 1.41. The first-order valence-electron chi connectivity index (χ1n) is 5.57. The molecule has 2 amide bonds. The van der Waals surface area contributed by atoms with Crippen LogP contribution in [0, 0.1) is 6.92 Å². The Bertz CT molecular complexity index is 485. The lowest BCUT2D eigenvalue weighted by atomic mass is 10.2. The molecule has 0 aromatic heterocycles. The summed E-state index contributed by atoms with van der Waals surface area (Å²) in [7, 11) is 0. The number of carbonyl (C=O) groups is 2. The van der Waals surface area contributed by atoms with E-state index in [1.807, 2.05) is 6.92 Å². The number of nitrogens with zero attached hydrogens (tertiary/aromatic N) is 1. The SMILES string of the molecule is C=C(Cl)CNC(=O)N(CC(=O)O)c1ccc(C)cc1. The molecule has 0 unspecified atom stereocenters. The van der Waals surface area contributed by atoms with Gasteiger partial charge in [0.1, 0.15) is 6.54 Å². The van der Waals surface area contributed by atoms with Gasteiger partial charge in [0.05, 0.1) is 6.54 Å². The molecule has 2 N–H and O–H groups in total. The highest BCUT2D eigenvalue weighted by Gasteiger charge is 2.18. The normalized spacial score (nSPS) is 9.79. The van der Waals surface area contributed by atoms with Gasteiger partial charge in [0.15, 0.2) is 0 Å². The van der Waals surface area contributed by atoms with Crippen LogP contribution in [-0.2, 0) is 4.79 Å². The number of aryl methyl sites for hydroxylation is 1. The van der Waals surface area contributed by atoms with Crippen LogP contribution in [0.3, 0.4) is 0 Å². The predicted molar refractivity (Wildman–Crippen MR) is 74.6 cm³/mol. The van der Waals surface area contributed by atoms with Crippen LogP contribution in [0.5, 0.6) is 0 Å². The number of benzene rings is 1. The summed E-state index contributed by atoms with van der Waals surface area (Å²) in [5, 5.41) is 11.6. The number of hydrogen-bond acceptors (Lipinski definition) is 2.